The first-order valence-electron chi connectivity index (χ1n) is 21.7. The van der Waals surface area contributed by atoms with E-state index >= 15 is 0 Å². The van der Waals surface area contributed by atoms with Crippen molar-refractivity contribution in [3.05, 3.63) is 216 Å². The second kappa shape index (κ2) is 15.4. The predicted molar refractivity (Wildman–Crippen MR) is 262 cm³/mol. The van der Waals surface area contributed by atoms with Crippen molar-refractivity contribution < 1.29 is 0 Å². The number of nitrogens with zero attached hydrogens (tertiary/aromatic N) is 2. The molecule has 0 atom stereocenters. The standard InChI is InChI=1S/C59H56N2/c1-57(2,3)45-25-31-48(32-26-45)60(49-33-27-46(28-34-49)58(4,5)6)51-37-44(42-19-13-10-14-20-42)38-52(39-51)61(47-29-23-43(24-30-47)41-17-11-9-12-18-41)50-35-36-54-53-21-15-16-22-55(53)59(7,8)56(54)40-50/h9-40H,1-8H3. The topological polar surface area (TPSA) is 6.48 Å². The van der Waals surface area contributed by atoms with Crippen LogP contribution in [0.1, 0.15) is 77.6 Å². The molecule has 0 saturated heterocycles. The second-order valence-corrected chi connectivity index (χ2v) is 19.2. The van der Waals surface area contributed by atoms with Crippen LogP contribution in [0, 0.1) is 0 Å². The smallest absolute Gasteiger partial charge is 0.0488 e. The van der Waals surface area contributed by atoms with E-state index in [0.29, 0.717) is 0 Å². The van der Waals surface area contributed by atoms with E-state index in [4.69, 9.17) is 0 Å². The Kier molecular flexibility index (Phi) is 10.1. The maximum atomic E-state index is 2.45. The number of anilines is 6. The first-order valence-corrected chi connectivity index (χ1v) is 21.7. The Bertz CT molecular complexity index is 2740. The van der Waals surface area contributed by atoms with E-state index in [1.54, 1.807) is 0 Å². The summed E-state index contributed by atoms with van der Waals surface area (Å²) in [5, 5.41) is 0. The fourth-order valence-electron chi connectivity index (χ4n) is 9.03. The van der Waals surface area contributed by atoms with Gasteiger partial charge in [0.2, 0.25) is 0 Å². The van der Waals surface area contributed by atoms with Gasteiger partial charge >= 0.3 is 0 Å². The van der Waals surface area contributed by atoms with Gasteiger partial charge in [0.1, 0.15) is 0 Å². The van der Waals surface area contributed by atoms with Crippen molar-refractivity contribution in [2.45, 2.75) is 71.6 Å². The SMILES string of the molecule is CC(C)(C)c1ccc(N(c2ccc(C(C)(C)C)cc2)c2cc(-c3ccccc3)cc(N(c3ccc(-c4ccccc4)cc3)c3ccc4c(c3)C(C)(C)c3ccccc3-4)c2)cc1. The molecule has 8 aromatic carbocycles. The summed E-state index contributed by atoms with van der Waals surface area (Å²) in [4.78, 5) is 4.88. The molecule has 0 unspecified atom stereocenters. The largest absolute Gasteiger partial charge is 0.310 e. The molecule has 0 aliphatic heterocycles. The second-order valence-electron chi connectivity index (χ2n) is 19.2. The number of hydrogen-bond acceptors (Lipinski definition) is 2. The number of rotatable bonds is 8. The molecule has 1 aliphatic rings. The van der Waals surface area contributed by atoms with Gasteiger partial charge in [-0.25, -0.2) is 0 Å². The zero-order valence-electron chi connectivity index (χ0n) is 36.9. The average molecular weight is 793 g/mol. The lowest BCUT2D eigenvalue weighted by Crippen LogP contribution is -2.17. The lowest BCUT2D eigenvalue weighted by molar-refractivity contribution is 0.590. The van der Waals surface area contributed by atoms with Gasteiger partial charge in [0, 0.05) is 39.5 Å². The van der Waals surface area contributed by atoms with E-state index in [-0.39, 0.29) is 16.2 Å². The van der Waals surface area contributed by atoms with Crippen LogP contribution in [-0.2, 0) is 16.2 Å². The average Bonchev–Trinajstić information content (AvgIpc) is 3.50. The molecule has 0 saturated carbocycles. The van der Waals surface area contributed by atoms with Gasteiger partial charge in [-0.3, -0.25) is 0 Å². The van der Waals surface area contributed by atoms with Gasteiger partial charge in [0.05, 0.1) is 0 Å². The monoisotopic (exact) mass is 792 g/mol. The number of hydrogen-bond donors (Lipinski definition) is 0. The quantitative estimate of drug-likeness (QED) is 0.151. The van der Waals surface area contributed by atoms with Gasteiger partial charge < -0.3 is 9.80 Å². The third kappa shape index (κ3) is 7.68. The van der Waals surface area contributed by atoms with Gasteiger partial charge in [-0.15, -0.1) is 0 Å². The van der Waals surface area contributed by atoms with Crippen molar-refractivity contribution in [3.63, 3.8) is 0 Å². The van der Waals surface area contributed by atoms with E-state index in [9.17, 15) is 0 Å². The van der Waals surface area contributed by atoms with Crippen LogP contribution in [0.15, 0.2) is 194 Å². The summed E-state index contributed by atoms with van der Waals surface area (Å²) in [7, 11) is 0. The molecule has 0 bridgehead atoms. The lowest BCUT2D eigenvalue weighted by Gasteiger charge is -2.32. The molecule has 0 amide bonds. The van der Waals surface area contributed by atoms with Crippen LogP contribution in [0.5, 0.6) is 0 Å². The lowest BCUT2D eigenvalue weighted by atomic mass is 9.82. The highest BCUT2D eigenvalue weighted by atomic mass is 15.2. The van der Waals surface area contributed by atoms with Crippen molar-refractivity contribution in [3.8, 4) is 33.4 Å². The van der Waals surface area contributed by atoms with Gasteiger partial charge in [-0.2, -0.15) is 0 Å². The fraction of sp³-hybridized carbons (Fsp3) is 0.186. The molecule has 302 valence electrons. The van der Waals surface area contributed by atoms with Crippen LogP contribution in [-0.4, -0.2) is 0 Å². The zero-order chi connectivity index (χ0) is 42.5. The molecule has 9 rings (SSSR count). The summed E-state index contributed by atoms with van der Waals surface area (Å²) in [5.41, 5.74) is 19.3. The van der Waals surface area contributed by atoms with Crippen molar-refractivity contribution >= 4 is 34.1 Å². The molecule has 2 heteroatoms. The molecule has 1 aliphatic carbocycles. The summed E-state index contributed by atoms with van der Waals surface area (Å²) in [6, 6.07) is 71.9. The summed E-state index contributed by atoms with van der Waals surface area (Å²) in [5.74, 6) is 0. The Morgan fingerprint density at radius 3 is 1.21 bits per heavy atom. The maximum absolute atomic E-state index is 2.45. The molecule has 61 heavy (non-hydrogen) atoms. The minimum absolute atomic E-state index is 0.0421. The van der Waals surface area contributed by atoms with E-state index < -0.39 is 0 Å². The van der Waals surface area contributed by atoms with Crippen molar-refractivity contribution in [1.29, 1.82) is 0 Å². The summed E-state index contributed by atoms with van der Waals surface area (Å²) in [6.07, 6.45) is 0. The van der Waals surface area contributed by atoms with E-state index in [1.807, 2.05) is 0 Å². The van der Waals surface area contributed by atoms with Gasteiger partial charge in [0.25, 0.3) is 0 Å². The Morgan fingerprint density at radius 1 is 0.311 bits per heavy atom. The highest BCUT2D eigenvalue weighted by Crippen LogP contribution is 2.51. The molecule has 0 aromatic heterocycles. The van der Waals surface area contributed by atoms with Gasteiger partial charge in [-0.05, 0) is 133 Å². The molecule has 0 heterocycles. The maximum Gasteiger partial charge on any atom is 0.0488 e. The predicted octanol–water partition coefficient (Wildman–Crippen LogP) is 16.9. The highest BCUT2D eigenvalue weighted by molar-refractivity contribution is 5.90. The molecular formula is C59H56N2. The van der Waals surface area contributed by atoms with Crippen LogP contribution in [0.3, 0.4) is 0 Å². The first-order chi connectivity index (χ1) is 29.3. The van der Waals surface area contributed by atoms with E-state index in [2.05, 4.69) is 259 Å². The van der Waals surface area contributed by atoms with Crippen LogP contribution in [0.25, 0.3) is 33.4 Å². The third-order valence-electron chi connectivity index (χ3n) is 12.6. The molecule has 0 radical (unpaired) electrons. The molecule has 8 aromatic rings. The van der Waals surface area contributed by atoms with Crippen LogP contribution in [0.2, 0.25) is 0 Å². The highest BCUT2D eigenvalue weighted by Gasteiger charge is 2.36. The molecule has 0 N–H and O–H groups in total. The van der Waals surface area contributed by atoms with Crippen LogP contribution >= 0.6 is 0 Å². The van der Waals surface area contributed by atoms with E-state index in [0.717, 1.165) is 39.7 Å². The third-order valence-corrected chi connectivity index (χ3v) is 12.6. The Hall–Kier alpha value is -6.64. The molecule has 0 fully saturated rings. The zero-order valence-corrected chi connectivity index (χ0v) is 36.9. The van der Waals surface area contributed by atoms with Crippen molar-refractivity contribution in [2.24, 2.45) is 0 Å². The first kappa shape index (κ1) is 39.8. The number of fused-ring (bicyclic) bond motifs is 3. The van der Waals surface area contributed by atoms with Crippen molar-refractivity contribution in [2.75, 3.05) is 9.80 Å². The molecule has 2 nitrogen and oxygen atoms in total. The Morgan fingerprint density at radius 2 is 0.705 bits per heavy atom. The molecule has 0 spiro atoms. The van der Waals surface area contributed by atoms with Crippen LogP contribution < -0.4 is 9.80 Å². The summed E-state index contributed by atoms with van der Waals surface area (Å²) >= 11 is 0. The summed E-state index contributed by atoms with van der Waals surface area (Å²) < 4.78 is 0. The van der Waals surface area contributed by atoms with Crippen molar-refractivity contribution in [1.82, 2.24) is 0 Å². The van der Waals surface area contributed by atoms with Crippen LogP contribution in [0.4, 0.5) is 34.1 Å². The van der Waals surface area contributed by atoms with Gasteiger partial charge in [0.15, 0.2) is 0 Å². The van der Waals surface area contributed by atoms with Gasteiger partial charge in [-0.1, -0.05) is 183 Å². The normalized spacial score (nSPS) is 13.0. The minimum Gasteiger partial charge on any atom is -0.310 e. The minimum atomic E-state index is -0.142. The van der Waals surface area contributed by atoms with E-state index in [1.165, 1.54) is 50.1 Å². The number of benzene rings is 8. The Balaban J connectivity index is 1.28. The Labute approximate surface area is 363 Å². The summed E-state index contributed by atoms with van der Waals surface area (Å²) in [6.45, 7) is 18.4. The fourth-order valence-corrected chi connectivity index (χ4v) is 9.03. The molecular weight excluding hydrogens is 737 g/mol.